The highest BCUT2D eigenvalue weighted by atomic mass is 79.9. The molecule has 1 amide bonds. The number of thiazole rings is 2. The highest BCUT2D eigenvalue weighted by Crippen LogP contribution is 2.31. The van der Waals surface area contributed by atoms with E-state index in [4.69, 9.17) is 0 Å². The monoisotopic (exact) mass is 407 g/mol. The number of amides is 1. The van der Waals surface area contributed by atoms with E-state index in [0.29, 0.717) is 5.13 Å². The summed E-state index contributed by atoms with van der Waals surface area (Å²) in [5.74, 6) is -0.0913. The van der Waals surface area contributed by atoms with Gasteiger partial charge >= 0.3 is 0 Å². The summed E-state index contributed by atoms with van der Waals surface area (Å²) < 4.78 is 1.03. The van der Waals surface area contributed by atoms with E-state index < -0.39 is 0 Å². The Kier molecular flexibility index (Phi) is 4.89. The number of carbonyl (C=O) groups excluding carboxylic acids is 1. The van der Waals surface area contributed by atoms with Crippen LogP contribution in [0.2, 0.25) is 0 Å². The fourth-order valence-electron chi connectivity index (χ4n) is 2.14. The Morgan fingerprint density at radius 2 is 1.96 bits per heavy atom. The van der Waals surface area contributed by atoms with Crippen molar-refractivity contribution in [3.05, 3.63) is 49.7 Å². The number of anilines is 1. The van der Waals surface area contributed by atoms with Crippen molar-refractivity contribution in [3.63, 3.8) is 0 Å². The average molecular weight is 408 g/mol. The smallest absolute Gasteiger partial charge is 0.232 e. The van der Waals surface area contributed by atoms with E-state index in [2.05, 4.69) is 31.2 Å². The molecule has 0 saturated carbocycles. The van der Waals surface area contributed by atoms with Crippen molar-refractivity contribution in [2.24, 2.45) is 0 Å². The largest absolute Gasteiger partial charge is 0.302 e. The lowest BCUT2D eigenvalue weighted by Gasteiger charge is -2.00. The van der Waals surface area contributed by atoms with E-state index in [9.17, 15) is 4.79 Å². The van der Waals surface area contributed by atoms with Crippen molar-refractivity contribution in [1.29, 1.82) is 0 Å². The van der Waals surface area contributed by atoms with Crippen molar-refractivity contribution in [2.75, 3.05) is 5.32 Å². The predicted molar refractivity (Wildman–Crippen MR) is 99.2 cm³/mol. The van der Waals surface area contributed by atoms with Gasteiger partial charge in [0, 0.05) is 20.3 Å². The number of hydrogen-bond donors (Lipinski definition) is 1. The van der Waals surface area contributed by atoms with Gasteiger partial charge in [-0.2, -0.15) is 0 Å². The molecule has 0 aliphatic heterocycles. The molecule has 4 nitrogen and oxygen atoms in total. The number of halogens is 1. The molecule has 0 aliphatic carbocycles. The zero-order chi connectivity index (χ0) is 16.4. The van der Waals surface area contributed by atoms with Crippen molar-refractivity contribution in [2.45, 2.75) is 20.3 Å². The molecule has 0 aliphatic rings. The van der Waals surface area contributed by atoms with Crippen molar-refractivity contribution < 1.29 is 4.79 Å². The average Bonchev–Trinajstić information content (AvgIpc) is 3.06. The summed E-state index contributed by atoms with van der Waals surface area (Å²) in [6.07, 6.45) is 0.274. The third-order valence-corrected chi connectivity index (χ3v) is 5.41. The summed E-state index contributed by atoms with van der Waals surface area (Å²) in [5.41, 5.74) is 2.74. The van der Waals surface area contributed by atoms with Crippen LogP contribution in [0.25, 0.3) is 11.3 Å². The lowest BCUT2D eigenvalue weighted by Crippen LogP contribution is -2.14. The van der Waals surface area contributed by atoms with Gasteiger partial charge in [-0.05, 0) is 26.0 Å². The molecule has 3 rings (SSSR count). The predicted octanol–water partition coefficient (Wildman–Crippen LogP) is 4.83. The number of aryl methyl sites for hydroxylation is 2. The van der Waals surface area contributed by atoms with Crippen LogP contribution >= 0.6 is 38.6 Å². The van der Waals surface area contributed by atoms with Crippen LogP contribution in [0.15, 0.2) is 34.1 Å². The van der Waals surface area contributed by atoms with Gasteiger partial charge in [0.15, 0.2) is 5.13 Å². The number of aromatic nitrogens is 2. The zero-order valence-corrected chi connectivity index (χ0v) is 15.8. The maximum absolute atomic E-state index is 12.1. The molecule has 3 aromatic rings. The highest BCUT2D eigenvalue weighted by Gasteiger charge is 2.13. The number of nitrogens with one attached hydrogen (secondary N) is 1. The van der Waals surface area contributed by atoms with Gasteiger partial charge in [-0.1, -0.05) is 28.1 Å². The minimum absolute atomic E-state index is 0.0913. The Hall–Kier alpha value is -1.57. The Morgan fingerprint density at radius 1 is 1.22 bits per heavy atom. The molecule has 2 aromatic heterocycles. The first-order valence-electron chi connectivity index (χ1n) is 6.95. The van der Waals surface area contributed by atoms with E-state index in [0.717, 1.165) is 31.3 Å². The maximum atomic E-state index is 12.1. The van der Waals surface area contributed by atoms with Crippen molar-refractivity contribution in [3.8, 4) is 11.3 Å². The lowest BCUT2D eigenvalue weighted by molar-refractivity contribution is -0.115. The van der Waals surface area contributed by atoms with Gasteiger partial charge in [0.1, 0.15) is 0 Å². The van der Waals surface area contributed by atoms with Crippen LogP contribution in [-0.4, -0.2) is 15.9 Å². The molecule has 0 spiro atoms. The summed E-state index contributed by atoms with van der Waals surface area (Å²) in [4.78, 5) is 22.0. The van der Waals surface area contributed by atoms with Gasteiger partial charge in [0.05, 0.1) is 22.8 Å². The first-order chi connectivity index (χ1) is 11.0. The van der Waals surface area contributed by atoms with Crippen LogP contribution in [0.4, 0.5) is 5.13 Å². The normalized spacial score (nSPS) is 10.7. The van der Waals surface area contributed by atoms with Gasteiger partial charge in [-0.15, -0.1) is 22.7 Å². The molecule has 0 bridgehead atoms. The van der Waals surface area contributed by atoms with Crippen LogP contribution in [-0.2, 0) is 11.2 Å². The summed E-state index contributed by atoms with van der Waals surface area (Å²) in [6.45, 7) is 3.94. The van der Waals surface area contributed by atoms with Crippen LogP contribution < -0.4 is 5.32 Å². The van der Waals surface area contributed by atoms with Crippen LogP contribution in [0, 0.1) is 13.8 Å². The third-order valence-electron chi connectivity index (χ3n) is 3.17. The second-order valence-electron chi connectivity index (χ2n) is 5.01. The molecule has 1 aromatic carbocycles. The fourth-order valence-corrected chi connectivity index (χ4v) is 3.87. The Morgan fingerprint density at radius 3 is 2.61 bits per heavy atom. The van der Waals surface area contributed by atoms with E-state index in [1.165, 1.54) is 11.3 Å². The SMILES string of the molecule is Cc1nc(CC(=O)Nc2nc(-c3ccc(Br)cc3)c(C)s2)cs1. The molecule has 2 heterocycles. The second-order valence-corrected chi connectivity index (χ2v) is 8.19. The van der Waals surface area contributed by atoms with Gasteiger partial charge in [0.2, 0.25) is 5.91 Å². The third kappa shape index (κ3) is 4.04. The zero-order valence-electron chi connectivity index (χ0n) is 12.6. The number of rotatable bonds is 4. The van der Waals surface area contributed by atoms with Crippen LogP contribution in [0.5, 0.6) is 0 Å². The summed E-state index contributed by atoms with van der Waals surface area (Å²) >= 11 is 6.46. The van der Waals surface area contributed by atoms with Gasteiger partial charge in [0.25, 0.3) is 0 Å². The van der Waals surface area contributed by atoms with E-state index in [1.807, 2.05) is 43.5 Å². The molecule has 23 heavy (non-hydrogen) atoms. The number of nitrogens with zero attached hydrogens (tertiary/aromatic N) is 2. The lowest BCUT2D eigenvalue weighted by atomic mass is 10.1. The van der Waals surface area contributed by atoms with E-state index in [-0.39, 0.29) is 12.3 Å². The summed E-state index contributed by atoms with van der Waals surface area (Å²) in [5, 5.41) is 6.37. The summed E-state index contributed by atoms with van der Waals surface area (Å²) in [7, 11) is 0. The number of carbonyl (C=O) groups is 1. The molecular weight excluding hydrogens is 394 g/mol. The van der Waals surface area contributed by atoms with Crippen molar-refractivity contribution in [1.82, 2.24) is 9.97 Å². The molecular formula is C16H14BrN3OS2. The molecule has 0 unspecified atom stereocenters. The quantitative estimate of drug-likeness (QED) is 0.673. The molecule has 0 fully saturated rings. The minimum atomic E-state index is -0.0913. The first-order valence-corrected chi connectivity index (χ1v) is 9.44. The van der Waals surface area contributed by atoms with Crippen molar-refractivity contribution >= 4 is 49.6 Å². The molecule has 1 N–H and O–H groups in total. The fraction of sp³-hybridized carbons (Fsp3) is 0.188. The highest BCUT2D eigenvalue weighted by molar-refractivity contribution is 9.10. The standard InChI is InChI=1S/C16H14BrN3OS2/c1-9-15(11-3-5-12(17)6-4-11)20-16(23-9)19-14(21)7-13-8-22-10(2)18-13/h3-6,8H,7H2,1-2H3,(H,19,20,21). The first kappa shape index (κ1) is 16.3. The Labute approximate surface area is 150 Å². The maximum Gasteiger partial charge on any atom is 0.232 e. The number of benzene rings is 1. The van der Waals surface area contributed by atoms with E-state index >= 15 is 0 Å². The topological polar surface area (TPSA) is 54.9 Å². The summed E-state index contributed by atoms with van der Waals surface area (Å²) in [6, 6.07) is 7.99. The molecule has 0 atom stereocenters. The molecule has 0 radical (unpaired) electrons. The van der Waals surface area contributed by atoms with E-state index in [1.54, 1.807) is 11.3 Å². The minimum Gasteiger partial charge on any atom is -0.302 e. The molecule has 118 valence electrons. The van der Waals surface area contributed by atoms with Crippen LogP contribution in [0.3, 0.4) is 0 Å². The van der Waals surface area contributed by atoms with Gasteiger partial charge in [-0.3, -0.25) is 4.79 Å². The number of hydrogen-bond acceptors (Lipinski definition) is 5. The van der Waals surface area contributed by atoms with Gasteiger partial charge < -0.3 is 5.32 Å². The van der Waals surface area contributed by atoms with Crippen LogP contribution in [0.1, 0.15) is 15.6 Å². The Bertz CT molecular complexity index is 839. The molecule has 7 heteroatoms. The Balaban J connectivity index is 1.73. The molecule has 0 saturated heterocycles. The van der Waals surface area contributed by atoms with Gasteiger partial charge in [-0.25, -0.2) is 9.97 Å². The second kappa shape index (κ2) is 6.90.